The summed E-state index contributed by atoms with van der Waals surface area (Å²) in [4.78, 5) is 0. The number of hydrogen-bond donors (Lipinski definition) is 0. The van der Waals surface area contributed by atoms with Gasteiger partial charge in [0.15, 0.2) is 0 Å². The van der Waals surface area contributed by atoms with Crippen LogP contribution in [-0.2, 0) is 18.3 Å². The summed E-state index contributed by atoms with van der Waals surface area (Å²) in [5.41, 5.74) is 0. The summed E-state index contributed by atoms with van der Waals surface area (Å²) in [7, 11) is 0. The van der Waals surface area contributed by atoms with Gasteiger partial charge in [-0.2, -0.15) is 0 Å². The molecule has 0 saturated heterocycles. The fourth-order valence-corrected chi connectivity index (χ4v) is 2.55. The zero-order chi connectivity index (χ0) is 4.12. The summed E-state index contributed by atoms with van der Waals surface area (Å²) >= 11 is 4.78. The van der Waals surface area contributed by atoms with Crippen LogP contribution in [-0.4, -0.2) is 5.33 Å². The van der Waals surface area contributed by atoms with Gasteiger partial charge >= 0.3 is 51.0 Å². The molecule has 0 rings (SSSR count). The number of halogens is 1. The van der Waals surface area contributed by atoms with E-state index in [-0.39, 0.29) is 0 Å². The average Bonchev–Trinajstić information content (AvgIpc) is 1.41. The van der Waals surface area contributed by atoms with Crippen molar-refractivity contribution in [2.45, 2.75) is 11.4 Å². The van der Waals surface area contributed by atoms with Gasteiger partial charge in [0.05, 0.1) is 0 Å². The summed E-state index contributed by atoms with van der Waals surface area (Å²) in [5, 5.41) is 2.61. The maximum absolute atomic E-state index is 3.33. The van der Waals surface area contributed by atoms with Gasteiger partial charge < -0.3 is 0 Å². The molecule has 0 bridgehead atoms. The van der Waals surface area contributed by atoms with E-state index in [1.165, 1.54) is 35.1 Å². The fraction of sp³-hybridized carbons (Fsp3) is 1.00. The van der Waals surface area contributed by atoms with E-state index >= 15 is 0 Å². The molecular weight excluding hydrogens is 181 g/mol. The van der Waals surface area contributed by atoms with E-state index in [9.17, 15) is 0 Å². The second kappa shape index (κ2) is 5.10. The van der Waals surface area contributed by atoms with Gasteiger partial charge in [-0.05, 0) is 0 Å². The molecule has 0 aromatic carbocycles. The molecule has 0 radical (unpaired) electrons. The van der Waals surface area contributed by atoms with E-state index in [1.54, 1.807) is 0 Å². The predicted molar refractivity (Wildman–Crippen MR) is 23.2 cm³/mol. The van der Waals surface area contributed by atoms with Gasteiger partial charge in [0.25, 0.3) is 0 Å². The molecule has 0 aliphatic heterocycles. The molecule has 0 spiro atoms. The van der Waals surface area contributed by atoms with Crippen molar-refractivity contribution < 1.29 is 18.3 Å². The van der Waals surface area contributed by atoms with E-state index in [4.69, 9.17) is 0 Å². The quantitative estimate of drug-likeness (QED) is 0.456. The molecule has 0 fully saturated rings. The third-order valence-electron chi connectivity index (χ3n) is 0.384. The molecule has 0 aromatic rings. The molecule has 0 N–H and O–H groups in total. The van der Waals surface area contributed by atoms with Gasteiger partial charge in [0.2, 0.25) is 0 Å². The zero-order valence-corrected chi connectivity index (χ0v) is 7.76. The van der Waals surface area contributed by atoms with Crippen LogP contribution in [0.2, 0.25) is 5.02 Å². The van der Waals surface area contributed by atoms with E-state index in [0.29, 0.717) is 0 Å². The predicted octanol–water partition coefficient (Wildman–Crippen LogP) is 1.74. The van der Waals surface area contributed by atoms with Gasteiger partial charge in [-0.25, -0.2) is 0 Å². The van der Waals surface area contributed by atoms with Crippen LogP contribution in [0.3, 0.4) is 0 Å². The second-order valence-corrected chi connectivity index (χ2v) is 3.17. The van der Waals surface area contributed by atoms with Gasteiger partial charge in [0, 0.05) is 0 Å². The van der Waals surface area contributed by atoms with Crippen LogP contribution < -0.4 is 0 Å². The molecule has 2 heteroatoms. The Kier molecular flexibility index (Phi) is 6.23. The Hall–Kier alpha value is 1.10. The van der Waals surface area contributed by atoms with Gasteiger partial charge in [0.1, 0.15) is 0 Å². The van der Waals surface area contributed by atoms with Crippen molar-refractivity contribution in [3.05, 3.63) is 0 Å². The first kappa shape index (κ1) is 6.10. The van der Waals surface area contributed by atoms with Crippen LogP contribution in [0, 0.1) is 0 Å². The Labute approximate surface area is 51.1 Å². The molecule has 0 heterocycles. The third-order valence-corrected chi connectivity index (χ3v) is 1.99. The number of rotatable bonds is 2. The Morgan fingerprint density at radius 3 is 2.20 bits per heavy atom. The Morgan fingerprint density at radius 1 is 1.60 bits per heavy atom. The number of alkyl halides is 1. The first-order valence-corrected chi connectivity index (χ1v) is 4.99. The summed E-state index contributed by atoms with van der Waals surface area (Å²) < 4.78 is 0. The number of hydrogen-bond acceptors (Lipinski definition) is 0. The Balaban J connectivity index is 2.19. The van der Waals surface area contributed by atoms with Crippen LogP contribution >= 0.6 is 15.9 Å². The van der Waals surface area contributed by atoms with Crippen molar-refractivity contribution in [2.24, 2.45) is 0 Å². The Morgan fingerprint density at radius 2 is 2.20 bits per heavy atom. The normalized spacial score (nSPS) is 8.60. The average molecular weight is 187 g/mol. The SMILES string of the molecule is [Zn][CH2]CCBr. The zero-order valence-electron chi connectivity index (χ0n) is 3.21. The van der Waals surface area contributed by atoms with Crippen LogP contribution in [0.25, 0.3) is 0 Å². The molecule has 0 atom stereocenters. The molecule has 27 valence electrons. The topological polar surface area (TPSA) is 0 Å². The monoisotopic (exact) mass is 185 g/mol. The second-order valence-electron chi connectivity index (χ2n) is 0.896. The third kappa shape index (κ3) is 5.10. The van der Waals surface area contributed by atoms with E-state index in [2.05, 4.69) is 15.9 Å². The minimum absolute atomic E-state index is 1.19. The van der Waals surface area contributed by atoms with Crippen molar-refractivity contribution in [2.75, 3.05) is 5.33 Å². The van der Waals surface area contributed by atoms with Crippen LogP contribution in [0.5, 0.6) is 0 Å². The summed E-state index contributed by atoms with van der Waals surface area (Å²) in [6, 6.07) is 0. The van der Waals surface area contributed by atoms with E-state index in [1.807, 2.05) is 0 Å². The summed E-state index contributed by atoms with van der Waals surface area (Å²) in [6.07, 6.45) is 1.36. The maximum atomic E-state index is 3.33. The van der Waals surface area contributed by atoms with Crippen molar-refractivity contribution in [1.82, 2.24) is 0 Å². The molecule has 0 unspecified atom stereocenters. The molecule has 0 amide bonds. The first-order valence-electron chi connectivity index (χ1n) is 1.77. The first-order chi connectivity index (χ1) is 2.41. The molecule has 0 nitrogen and oxygen atoms in total. The van der Waals surface area contributed by atoms with E-state index in [0.717, 1.165) is 0 Å². The standard InChI is InChI=1S/C3H6Br.Zn/c1-2-3-4;/h1-3H2;. The van der Waals surface area contributed by atoms with E-state index < -0.39 is 0 Å². The molecule has 0 aliphatic rings. The molecule has 5 heavy (non-hydrogen) atoms. The van der Waals surface area contributed by atoms with Crippen LogP contribution in [0.15, 0.2) is 0 Å². The molecule has 0 aromatic heterocycles. The van der Waals surface area contributed by atoms with Crippen molar-refractivity contribution in [3.8, 4) is 0 Å². The summed E-state index contributed by atoms with van der Waals surface area (Å²) in [6.45, 7) is 0. The molecule has 0 saturated carbocycles. The Bertz CT molecular complexity index is 14.4. The van der Waals surface area contributed by atoms with Crippen LogP contribution in [0.4, 0.5) is 0 Å². The molecule has 0 aliphatic carbocycles. The van der Waals surface area contributed by atoms with Gasteiger partial charge in [-0.15, -0.1) is 0 Å². The van der Waals surface area contributed by atoms with Crippen LogP contribution in [0.1, 0.15) is 6.42 Å². The van der Waals surface area contributed by atoms with Gasteiger partial charge in [-0.3, -0.25) is 0 Å². The van der Waals surface area contributed by atoms with Crippen molar-refractivity contribution in [1.29, 1.82) is 0 Å². The fourth-order valence-electron chi connectivity index (χ4n) is 0.0945. The van der Waals surface area contributed by atoms with Crippen molar-refractivity contribution >= 4 is 15.9 Å². The van der Waals surface area contributed by atoms with Crippen molar-refractivity contribution in [3.63, 3.8) is 0 Å². The minimum atomic E-state index is 1.19. The van der Waals surface area contributed by atoms with Gasteiger partial charge in [-0.1, -0.05) is 0 Å². The molecular formula is C3H6BrZn. The summed E-state index contributed by atoms with van der Waals surface area (Å²) in [5.74, 6) is 0.